The number of benzene rings is 1. The van der Waals surface area contributed by atoms with Gasteiger partial charge in [0.1, 0.15) is 17.1 Å². The molecule has 4 rings (SSSR count). The Morgan fingerprint density at radius 3 is 2.56 bits per heavy atom. The van der Waals surface area contributed by atoms with Gasteiger partial charge < -0.3 is 20.9 Å². The third-order valence-corrected chi connectivity index (χ3v) is 4.85. The van der Waals surface area contributed by atoms with Crippen LogP contribution in [0.1, 0.15) is 27.2 Å². The monoisotopic (exact) mass is 449 g/mol. The second-order valence-electron chi connectivity index (χ2n) is 7.00. The van der Waals surface area contributed by atoms with E-state index in [1.807, 2.05) is 23.1 Å². The van der Waals surface area contributed by atoms with E-state index >= 15 is 0 Å². The van der Waals surface area contributed by atoms with E-state index in [9.17, 15) is 27.6 Å². The lowest BCUT2D eigenvalue weighted by Crippen LogP contribution is -2.44. The van der Waals surface area contributed by atoms with Crippen molar-refractivity contribution < 1.29 is 22.8 Å². The fourth-order valence-corrected chi connectivity index (χ4v) is 3.28. The van der Waals surface area contributed by atoms with E-state index in [1.165, 1.54) is 18.1 Å². The van der Waals surface area contributed by atoms with Gasteiger partial charge in [0.05, 0.1) is 12.5 Å². The van der Waals surface area contributed by atoms with Gasteiger partial charge in [0, 0.05) is 19.6 Å². The Kier molecular flexibility index (Phi) is 6.42. The van der Waals surface area contributed by atoms with Gasteiger partial charge in [0.25, 0.3) is 16.8 Å². The number of rotatable bonds is 4. The lowest BCUT2D eigenvalue weighted by molar-refractivity contribution is -0.156. The summed E-state index contributed by atoms with van der Waals surface area (Å²) in [6, 6.07) is 6.03. The van der Waals surface area contributed by atoms with Crippen molar-refractivity contribution in [2.45, 2.75) is 25.7 Å². The van der Waals surface area contributed by atoms with Crippen LogP contribution in [0.4, 0.5) is 24.5 Å². The van der Waals surface area contributed by atoms with Crippen molar-refractivity contribution in [1.29, 1.82) is 0 Å². The standard InChI is InChI=1S/C18H17N5O3.C2HF3O/c19-14-15(17(25)16(14)24)23-4-3-11-2-1-10(5-12(11)8-23)6-21-18(26)13-7-20-9-22-13;3-2(4,5)1-6/h1-2,5,7,9H,3-4,6,8,19H2,(H,20,22)(H,21,26);1H. The first-order chi connectivity index (χ1) is 15.1. The quantitative estimate of drug-likeness (QED) is 0.396. The van der Waals surface area contributed by atoms with Gasteiger partial charge in [-0.05, 0) is 23.1 Å². The van der Waals surface area contributed by atoms with Crippen molar-refractivity contribution in [1.82, 2.24) is 15.3 Å². The van der Waals surface area contributed by atoms with Gasteiger partial charge in [-0.1, -0.05) is 18.2 Å². The second kappa shape index (κ2) is 9.04. The third kappa shape index (κ3) is 5.02. The second-order valence-corrected chi connectivity index (χ2v) is 7.00. The van der Waals surface area contributed by atoms with Gasteiger partial charge in [-0.15, -0.1) is 0 Å². The Bertz CT molecular complexity index is 1200. The lowest BCUT2D eigenvalue weighted by Gasteiger charge is -2.32. The molecular formula is C20H18F3N5O4. The van der Waals surface area contributed by atoms with Crippen LogP contribution in [0.5, 0.6) is 0 Å². The average Bonchev–Trinajstić information content (AvgIpc) is 3.32. The molecule has 32 heavy (non-hydrogen) atoms. The van der Waals surface area contributed by atoms with Crippen molar-refractivity contribution in [3.8, 4) is 0 Å². The average molecular weight is 449 g/mol. The summed E-state index contributed by atoms with van der Waals surface area (Å²) >= 11 is 0. The van der Waals surface area contributed by atoms with Gasteiger partial charge in [-0.2, -0.15) is 13.2 Å². The lowest BCUT2D eigenvalue weighted by atomic mass is 9.96. The molecule has 0 atom stereocenters. The number of alkyl halides is 3. The third-order valence-electron chi connectivity index (χ3n) is 4.85. The van der Waals surface area contributed by atoms with Crippen LogP contribution in [0.2, 0.25) is 0 Å². The molecule has 168 valence electrons. The van der Waals surface area contributed by atoms with Crippen molar-refractivity contribution in [2.24, 2.45) is 0 Å². The van der Waals surface area contributed by atoms with Gasteiger partial charge in [-0.3, -0.25) is 19.2 Å². The number of carbonyl (C=O) groups excluding carboxylic acids is 2. The maximum absolute atomic E-state index is 12.0. The summed E-state index contributed by atoms with van der Waals surface area (Å²) in [5, 5.41) is 2.83. The Morgan fingerprint density at radius 1 is 1.25 bits per heavy atom. The Morgan fingerprint density at radius 2 is 1.97 bits per heavy atom. The largest absolute Gasteiger partial charge is 0.446 e. The summed E-state index contributed by atoms with van der Waals surface area (Å²) in [7, 11) is 0. The molecule has 2 aromatic carbocycles. The molecule has 1 aromatic heterocycles. The number of hydrogen-bond donors (Lipinski definition) is 3. The van der Waals surface area contributed by atoms with Crippen LogP contribution >= 0.6 is 0 Å². The molecule has 0 aliphatic carbocycles. The maximum Gasteiger partial charge on any atom is 0.446 e. The van der Waals surface area contributed by atoms with Crippen LogP contribution in [0.3, 0.4) is 0 Å². The number of nitrogen functional groups attached to an aromatic ring is 1. The molecule has 2 heterocycles. The van der Waals surface area contributed by atoms with Gasteiger partial charge in [0.2, 0.25) is 6.29 Å². The zero-order valence-electron chi connectivity index (χ0n) is 16.5. The number of aromatic amines is 1. The first-order valence-corrected chi connectivity index (χ1v) is 9.34. The molecule has 1 aliphatic rings. The molecular weight excluding hydrogens is 431 g/mol. The molecule has 0 radical (unpaired) electrons. The molecule has 1 aliphatic heterocycles. The summed E-state index contributed by atoms with van der Waals surface area (Å²) in [6.07, 6.45) is -2.01. The SMILES string of the molecule is Nc1c(N2CCc3ccc(CNC(=O)c4cnc[nH]4)cc3C2)c(=O)c1=O.O=CC(F)(F)F. The number of anilines is 2. The number of hydrogen-bond acceptors (Lipinski definition) is 7. The van der Waals surface area contributed by atoms with E-state index in [2.05, 4.69) is 15.3 Å². The van der Waals surface area contributed by atoms with Crippen LogP contribution in [-0.2, 0) is 24.3 Å². The minimum absolute atomic E-state index is 0.0569. The summed E-state index contributed by atoms with van der Waals surface area (Å²) < 4.78 is 31.2. The van der Waals surface area contributed by atoms with Crippen LogP contribution in [0.25, 0.3) is 0 Å². The van der Waals surface area contributed by atoms with Crippen molar-refractivity contribution >= 4 is 23.6 Å². The van der Waals surface area contributed by atoms with Gasteiger partial charge in [0.15, 0.2) is 0 Å². The van der Waals surface area contributed by atoms with Crippen LogP contribution in [-0.4, -0.2) is 34.9 Å². The molecule has 4 N–H and O–H groups in total. The minimum atomic E-state index is -4.64. The number of H-pyrrole nitrogens is 1. The van der Waals surface area contributed by atoms with Crippen molar-refractivity contribution in [2.75, 3.05) is 17.2 Å². The Labute approximate surface area is 178 Å². The van der Waals surface area contributed by atoms with Crippen LogP contribution in [0.15, 0.2) is 40.3 Å². The number of aldehydes is 1. The molecule has 0 saturated heterocycles. The molecule has 0 bridgehead atoms. The summed E-state index contributed by atoms with van der Waals surface area (Å²) in [5.74, 6) is -0.224. The summed E-state index contributed by atoms with van der Waals surface area (Å²) in [5.41, 5.74) is 8.59. The number of amides is 1. The number of imidazole rings is 1. The number of carbonyl (C=O) groups is 2. The minimum Gasteiger partial charge on any atom is -0.394 e. The highest BCUT2D eigenvalue weighted by molar-refractivity contribution is 5.91. The van der Waals surface area contributed by atoms with E-state index in [4.69, 9.17) is 10.5 Å². The Hall–Kier alpha value is -3.96. The molecule has 0 unspecified atom stereocenters. The summed E-state index contributed by atoms with van der Waals surface area (Å²) in [6.45, 7) is 1.55. The first-order valence-electron chi connectivity index (χ1n) is 9.34. The molecule has 0 fully saturated rings. The number of nitrogens with zero attached hydrogens (tertiary/aromatic N) is 2. The van der Waals surface area contributed by atoms with Crippen molar-refractivity contribution in [3.63, 3.8) is 0 Å². The fraction of sp³-hybridized carbons (Fsp3) is 0.250. The van der Waals surface area contributed by atoms with E-state index in [0.29, 0.717) is 31.0 Å². The van der Waals surface area contributed by atoms with E-state index in [-0.39, 0.29) is 11.6 Å². The van der Waals surface area contributed by atoms with Gasteiger partial charge in [-0.25, -0.2) is 4.98 Å². The number of fused-ring (bicyclic) bond motifs is 1. The van der Waals surface area contributed by atoms with E-state index < -0.39 is 23.3 Å². The zero-order valence-corrected chi connectivity index (χ0v) is 16.5. The van der Waals surface area contributed by atoms with Crippen molar-refractivity contribution in [3.05, 3.63) is 73.6 Å². The predicted molar refractivity (Wildman–Crippen MR) is 109 cm³/mol. The number of nitrogens with one attached hydrogen (secondary N) is 2. The highest BCUT2D eigenvalue weighted by Gasteiger charge is 2.27. The first kappa shape index (κ1) is 22.7. The molecule has 1 amide bonds. The number of halogens is 3. The molecule has 0 saturated carbocycles. The number of nitrogens with two attached hydrogens (primary N) is 1. The highest BCUT2D eigenvalue weighted by Crippen LogP contribution is 2.26. The van der Waals surface area contributed by atoms with E-state index in [1.54, 1.807) is 0 Å². The topological polar surface area (TPSA) is 138 Å². The van der Waals surface area contributed by atoms with E-state index in [0.717, 1.165) is 17.5 Å². The maximum atomic E-state index is 12.0. The Balaban J connectivity index is 0.000000427. The smallest absolute Gasteiger partial charge is 0.394 e. The van der Waals surface area contributed by atoms with Crippen LogP contribution in [0, 0.1) is 0 Å². The highest BCUT2D eigenvalue weighted by atomic mass is 19.4. The molecule has 3 aromatic rings. The normalized spacial score (nSPS) is 13.2. The summed E-state index contributed by atoms with van der Waals surface area (Å²) in [4.78, 5) is 52.2. The molecule has 9 nitrogen and oxygen atoms in total. The predicted octanol–water partition coefficient (Wildman–Crippen LogP) is 0.828. The molecule has 12 heteroatoms. The van der Waals surface area contributed by atoms with Gasteiger partial charge >= 0.3 is 6.18 Å². The number of aromatic nitrogens is 2. The molecule has 0 spiro atoms. The zero-order chi connectivity index (χ0) is 23.5. The van der Waals surface area contributed by atoms with Crippen LogP contribution < -0.4 is 26.8 Å². The fourth-order valence-electron chi connectivity index (χ4n) is 3.28.